The van der Waals surface area contributed by atoms with E-state index >= 15 is 0 Å². The van der Waals surface area contributed by atoms with E-state index in [1.807, 2.05) is 0 Å². The lowest BCUT2D eigenvalue weighted by Crippen LogP contribution is -2.48. The third kappa shape index (κ3) is 4.15. The van der Waals surface area contributed by atoms with Gasteiger partial charge in [-0.2, -0.15) is 17.4 Å². The predicted octanol–water partition coefficient (Wildman–Crippen LogP) is 0.0242. The molecule has 0 heterocycles. The van der Waals surface area contributed by atoms with Crippen LogP contribution in [0.4, 0.5) is 0 Å². The SMILES string of the molecule is CC[C@H](NS(=O)(=O)N(C)C(C)C)C(=O)O. The highest BCUT2D eigenvalue weighted by molar-refractivity contribution is 7.87. The zero-order valence-corrected chi connectivity index (χ0v) is 10.2. The smallest absolute Gasteiger partial charge is 0.321 e. The molecule has 0 fully saturated rings. The second-order valence-electron chi connectivity index (χ2n) is 3.53. The highest BCUT2D eigenvalue weighted by atomic mass is 32.2. The number of hydrogen-bond donors (Lipinski definition) is 2. The Hall–Kier alpha value is -0.660. The molecule has 0 saturated heterocycles. The fourth-order valence-corrected chi connectivity index (χ4v) is 2.20. The van der Waals surface area contributed by atoms with Gasteiger partial charge in [0.2, 0.25) is 0 Å². The lowest BCUT2D eigenvalue weighted by Gasteiger charge is -2.23. The summed E-state index contributed by atoms with van der Waals surface area (Å²) < 4.78 is 26.4. The lowest BCUT2D eigenvalue weighted by atomic mass is 10.2. The van der Waals surface area contributed by atoms with Gasteiger partial charge in [-0.1, -0.05) is 6.92 Å². The highest BCUT2D eigenvalue weighted by Crippen LogP contribution is 2.03. The normalized spacial score (nSPS) is 14.5. The number of rotatable bonds is 6. The van der Waals surface area contributed by atoms with E-state index in [0.29, 0.717) is 0 Å². The van der Waals surface area contributed by atoms with Crippen LogP contribution in [0.3, 0.4) is 0 Å². The van der Waals surface area contributed by atoms with Crippen molar-refractivity contribution in [3.05, 3.63) is 0 Å². The van der Waals surface area contributed by atoms with Gasteiger partial charge < -0.3 is 5.11 Å². The van der Waals surface area contributed by atoms with Crippen LogP contribution in [0.2, 0.25) is 0 Å². The molecule has 0 spiro atoms. The molecule has 0 aliphatic carbocycles. The molecule has 90 valence electrons. The average molecular weight is 238 g/mol. The summed E-state index contributed by atoms with van der Waals surface area (Å²) in [6.45, 7) is 5.03. The predicted molar refractivity (Wildman–Crippen MR) is 56.7 cm³/mol. The van der Waals surface area contributed by atoms with E-state index in [9.17, 15) is 13.2 Å². The Labute approximate surface area is 90.5 Å². The quantitative estimate of drug-likeness (QED) is 0.683. The van der Waals surface area contributed by atoms with Crippen LogP contribution >= 0.6 is 0 Å². The van der Waals surface area contributed by atoms with Crippen LogP contribution in [-0.2, 0) is 15.0 Å². The molecule has 0 aliphatic heterocycles. The first-order valence-corrected chi connectivity index (χ1v) is 6.14. The highest BCUT2D eigenvalue weighted by Gasteiger charge is 2.26. The molecule has 0 amide bonds. The van der Waals surface area contributed by atoms with E-state index in [4.69, 9.17) is 5.11 Å². The van der Waals surface area contributed by atoms with Gasteiger partial charge in [-0.05, 0) is 20.3 Å². The Balaban J connectivity index is 4.70. The third-order valence-corrected chi connectivity index (χ3v) is 3.87. The summed E-state index contributed by atoms with van der Waals surface area (Å²) in [6, 6.07) is -1.29. The molecule has 6 nitrogen and oxygen atoms in total. The molecule has 0 aromatic heterocycles. The maximum absolute atomic E-state index is 11.6. The van der Waals surface area contributed by atoms with Crippen molar-refractivity contribution >= 4 is 16.2 Å². The van der Waals surface area contributed by atoms with Crippen molar-refractivity contribution in [1.82, 2.24) is 9.03 Å². The number of aliphatic carboxylic acids is 1. The van der Waals surface area contributed by atoms with Crippen molar-refractivity contribution in [2.45, 2.75) is 39.3 Å². The van der Waals surface area contributed by atoms with Gasteiger partial charge in [-0.3, -0.25) is 4.79 Å². The van der Waals surface area contributed by atoms with Gasteiger partial charge in [-0.15, -0.1) is 0 Å². The molecule has 0 bridgehead atoms. The number of carboxylic acid groups (broad SMARTS) is 1. The Morgan fingerprint density at radius 3 is 2.20 bits per heavy atom. The molecular weight excluding hydrogens is 220 g/mol. The number of hydrogen-bond acceptors (Lipinski definition) is 3. The molecule has 0 aromatic carbocycles. The number of nitrogens with zero attached hydrogens (tertiary/aromatic N) is 1. The molecule has 0 aliphatic rings. The molecule has 1 atom stereocenters. The van der Waals surface area contributed by atoms with E-state index in [1.54, 1.807) is 20.8 Å². The molecule has 0 saturated carbocycles. The van der Waals surface area contributed by atoms with Gasteiger partial charge in [0.15, 0.2) is 0 Å². The second kappa shape index (κ2) is 5.43. The molecule has 7 heteroatoms. The summed E-state index contributed by atoms with van der Waals surface area (Å²) in [5, 5.41) is 8.71. The summed E-state index contributed by atoms with van der Waals surface area (Å²) in [5.74, 6) is -1.17. The van der Waals surface area contributed by atoms with E-state index in [0.717, 1.165) is 4.31 Å². The monoisotopic (exact) mass is 238 g/mol. The average Bonchev–Trinajstić information content (AvgIpc) is 2.12. The second-order valence-corrected chi connectivity index (χ2v) is 5.29. The van der Waals surface area contributed by atoms with Crippen molar-refractivity contribution in [2.24, 2.45) is 0 Å². The van der Waals surface area contributed by atoms with Crippen LogP contribution in [0.5, 0.6) is 0 Å². The minimum Gasteiger partial charge on any atom is -0.480 e. The molecule has 0 radical (unpaired) electrons. The van der Waals surface area contributed by atoms with Crippen molar-refractivity contribution in [3.8, 4) is 0 Å². The first kappa shape index (κ1) is 14.3. The summed E-state index contributed by atoms with van der Waals surface area (Å²) >= 11 is 0. The third-order valence-electron chi connectivity index (χ3n) is 2.10. The van der Waals surface area contributed by atoms with Crippen molar-refractivity contribution < 1.29 is 18.3 Å². The Morgan fingerprint density at radius 1 is 1.47 bits per heavy atom. The van der Waals surface area contributed by atoms with Crippen LogP contribution in [0.15, 0.2) is 0 Å². The molecular formula is C8H18N2O4S. The van der Waals surface area contributed by atoms with Crippen LogP contribution in [0.1, 0.15) is 27.2 Å². The number of carboxylic acids is 1. The Bertz CT molecular complexity index is 313. The van der Waals surface area contributed by atoms with Crippen LogP contribution in [0.25, 0.3) is 0 Å². The minimum atomic E-state index is -3.71. The standard InChI is InChI=1S/C8H18N2O4S/c1-5-7(8(11)12)9-15(13,14)10(4)6(2)3/h6-7,9H,5H2,1-4H3,(H,11,12)/t7-/m0/s1. The fraction of sp³-hybridized carbons (Fsp3) is 0.875. The van der Waals surface area contributed by atoms with Gasteiger partial charge >= 0.3 is 5.97 Å². The van der Waals surface area contributed by atoms with E-state index in [-0.39, 0.29) is 12.5 Å². The van der Waals surface area contributed by atoms with Crippen LogP contribution < -0.4 is 4.72 Å². The fourth-order valence-electron chi connectivity index (χ4n) is 0.849. The van der Waals surface area contributed by atoms with Crippen molar-refractivity contribution in [3.63, 3.8) is 0 Å². The lowest BCUT2D eigenvalue weighted by molar-refractivity contribution is -0.139. The van der Waals surface area contributed by atoms with Gasteiger partial charge in [0.1, 0.15) is 6.04 Å². The largest absolute Gasteiger partial charge is 0.480 e. The van der Waals surface area contributed by atoms with Crippen LogP contribution in [-0.4, -0.2) is 42.9 Å². The molecule has 15 heavy (non-hydrogen) atoms. The Morgan fingerprint density at radius 2 is 1.93 bits per heavy atom. The van der Waals surface area contributed by atoms with Crippen molar-refractivity contribution in [1.29, 1.82) is 0 Å². The summed E-state index contributed by atoms with van der Waals surface area (Å²) in [4.78, 5) is 10.7. The van der Waals surface area contributed by atoms with Crippen LogP contribution in [0, 0.1) is 0 Å². The summed E-state index contributed by atoms with van der Waals surface area (Å²) in [7, 11) is -2.31. The molecule has 2 N–H and O–H groups in total. The maximum atomic E-state index is 11.6. The first-order valence-electron chi connectivity index (χ1n) is 4.70. The van der Waals surface area contributed by atoms with Crippen molar-refractivity contribution in [2.75, 3.05) is 7.05 Å². The zero-order chi connectivity index (χ0) is 12.2. The van der Waals surface area contributed by atoms with Gasteiger partial charge in [0.05, 0.1) is 0 Å². The molecule has 0 aromatic rings. The zero-order valence-electron chi connectivity index (χ0n) is 9.39. The molecule has 0 unspecified atom stereocenters. The minimum absolute atomic E-state index is 0.209. The number of carbonyl (C=O) groups is 1. The van der Waals surface area contributed by atoms with Gasteiger partial charge in [0.25, 0.3) is 10.2 Å². The summed E-state index contributed by atoms with van der Waals surface area (Å²) in [5.41, 5.74) is 0. The molecule has 0 rings (SSSR count). The Kier molecular flexibility index (Phi) is 5.19. The van der Waals surface area contributed by atoms with E-state index in [1.165, 1.54) is 7.05 Å². The summed E-state index contributed by atoms with van der Waals surface area (Å²) in [6.07, 6.45) is 0.209. The van der Waals surface area contributed by atoms with Gasteiger partial charge in [-0.25, -0.2) is 0 Å². The topological polar surface area (TPSA) is 86.7 Å². The van der Waals surface area contributed by atoms with E-state index < -0.39 is 22.2 Å². The number of nitrogens with one attached hydrogen (secondary N) is 1. The maximum Gasteiger partial charge on any atom is 0.321 e. The van der Waals surface area contributed by atoms with Gasteiger partial charge in [0, 0.05) is 13.1 Å². The van der Waals surface area contributed by atoms with E-state index in [2.05, 4.69) is 4.72 Å². The first-order chi connectivity index (χ1) is 6.72.